The van der Waals surface area contributed by atoms with Gasteiger partial charge in [0.25, 0.3) is 5.91 Å². The molecule has 0 aromatic heterocycles. The summed E-state index contributed by atoms with van der Waals surface area (Å²) in [6, 6.07) is 3.82. The van der Waals surface area contributed by atoms with Crippen molar-refractivity contribution in [3.63, 3.8) is 0 Å². The third kappa shape index (κ3) is 4.46. The van der Waals surface area contributed by atoms with E-state index in [1.54, 1.807) is 0 Å². The minimum absolute atomic E-state index is 0.100. The Kier molecular flexibility index (Phi) is 5.28. The van der Waals surface area contributed by atoms with Crippen molar-refractivity contribution in [3.8, 4) is 0 Å². The highest BCUT2D eigenvalue weighted by atomic mass is 19.4. The van der Waals surface area contributed by atoms with Gasteiger partial charge in [-0.05, 0) is 31.0 Å². The second-order valence-electron chi connectivity index (χ2n) is 5.45. The van der Waals surface area contributed by atoms with Gasteiger partial charge in [0, 0.05) is 25.2 Å². The van der Waals surface area contributed by atoms with E-state index in [1.807, 2.05) is 4.90 Å². The molecule has 0 spiro atoms. The van der Waals surface area contributed by atoms with Gasteiger partial charge in [0.1, 0.15) is 12.4 Å². The van der Waals surface area contributed by atoms with Crippen LogP contribution in [0.15, 0.2) is 30.9 Å². The highest BCUT2D eigenvalue weighted by Gasteiger charge is 2.33. The first-order valence-electron chi connectivity index (χ1n) is 7.33. The molecule has 1 amide bonds. The van der Waals surface area contributed by atoms with Gasteiger partial charge in [0.05, 0.1) is 5.69 Å². The third-order valence-corrected chi connectivity index (χ3v) is 3.65. The number of hydrogen-bond acceptors (Lipinski definition) is 2. The molecule has 0 radical (unpaired) electrons. The monoisotopic (exact) mass is 330 g/mol. The highest BCUT2D eigenvalue weighted by molar-refractivity contribution is 5.94. The van der Waals surface area contributed by atoms with Crippen molar-refractivity contribution in [1.29, 1.82) is 0 Å². The Bertz CT molecular complexity index is 580. The van der Waals surface area contributed by atoms with Crippen LogP contribution in [0.25, 0.3) is 0 Å². The predicted octanol–water partition coefficient (Wildman–Crippen LogP) is 3.62. The van der Waals surface area contributed by atoms with Gasteiger partial charge in [-0.15, -0.1) is 6.58 Å². The number of benzene rings is 1. The first-order chi connectivity index (χ1) is 10.8. The smallest absolute Gasteiger partial charge is 0.369 e. The van der Waals surface area contributed by atoms with Crippen LogP contribution in [0.2, 0.25) is 0 Å². The van der Waals surface area contributed by atoms with E-state index in [-0.39, 0.29) is 12.1 Å². The Hall–Kier alpha value is -2.05. The summed E-state index contributed by atoms with van der Waals surface area (Å²) in [5.41, 5.74) is 0.279. The summed E-state index contributed by atoms with van der Waals surface area (Å²) >= 11 is 0. The summed E-state index contributed by atoms with van der Waals surface area (Å²) in [5, 5.41) is 0. The Morgan fingerprint density at radius 2 is 1.96 bits per heavy atom. The van der Waals surface area contributed by atoms with Crippen LogP contribution in [-0.2, 0) is 0 Å². The molecule has 0 N–H and O–H groups in total. The van der Waals surface area contributed by atoms with E-state index in [0.717, 1.165) is 32.0 Å². The number of nitrogens with zero attached hydrogens (tertiary/aromatic N) is 2. The fourth-order valence-electron chi connectivity index (χ4n) is 2.63. The molecule has 1 aliphatic rings. The number of anilines is 1. The van der Waals surface area contributed by atoms with Gasteiger partial charge in [-0.3, -0.25) is 4.79 Å². The molecule has 1 fully saturated rings. The van der Waals surface area contributed by atoms with Crippen molar-refractivity contribution in [2.45, 2.75) is 19.0 Å². The van der Waals surface area contributed by atoms with Gasteiger partial charge in [0.2, 0.25) is 0 Å². The van der Waals surface area contributed by atoms with Crippen LogP contribution in [-0.4, -0.2) is 43.2 Å². The number of carbonyl (C=O) groups is 1. The molecule has 1 aromatic carbocycles. The zero-order valence-corrected chi connectivity index (χ0v) is 12.6. The predicted molar refractivity (Wildman–Crippen MR) is 80.0 cm³/mol. The molecule has 0 bridgehead atoms. The molecule has 126 valence electrons. The lowest BCUT2D eigenvalue weighted by Gasteiger charge is -2.23. The van der Waals surface area contributed by atoms with Crippen molar-refractivity contribution in [2.75, 3.05) is 31.1 Å². The number of hydrogen-bond donors (Lipinski definition) is 0. The van der Waals surface area contributed by atoms with Crippen molar-refractivity contribution in [3.05, 3.63) is 42.2 Å². The summed E-state index contributed by atoms with van der Waals surface area (Å²) in [4.78, 5) is 14.7. The highest BCUT2D eigenvalue weighted by Crippen LogP contribution is 2.25. The molecule has 1 aliphatic heterocycles. The third-order valence-electron chi connectivity index (χ3n) is 3.65. The molecule has 1 aromatic rings. The standard InChI is InChI=1S/C16H18F4N2O/c1-2-7-22(11-16(18,19)20)15(23)12-5-6-14(13(17)10-12)21-8-3-4-9-21/h2,5-6,10H,1,3-4,7-9,11H2. The van der Waals surface area contributed by atoms with Gasteiger partial charge in [-0.25, -0.2) is 4.39 Å². The summed E-state index contributed by atoms with van der Waals surface area (Å²) < 4.78 is 51.8. The van der Waals surface area contributed by atoms with E-state index in [2.05, 4.69) is 6.58 Å². The SMILES string of the molecule is C=CCN(CC(F)(F)F)C(=O)c1ccc(N2CCCC2)c(F)c1. The van der Waals surface area contributed by atoms with Crippen molar-refractivity contribution in [1.82, 2.24) is 4.90 Å². The van der Waals surface area contributed by atoms with Crippen LogP contribution >= 0.6 is 0 Å². The molecule has 2 rings (SSSR count). The Morgan fingerprint density at radius 1 is 1.30 bits per heavy atom. The zero-order valence-electron chi connectivity index (χ0n) is 12.6. The fourth-order valence-corrected chi connectivity index (χ4v) is 2.63. The molecule has 0 saturated carbocycles. The molecule has 0 atom stereocenters. The normalized spacial score (nSPS) is 14.9. The maximum Gasteiger partial charge on any atom is 0.406 e. The molecule has 3 nitrogen and oxygen atoms in total. The van der Waals surface area contributed by atoms with Crippen LogP contribution < -0.4 is 4.90 Å². The van der Waals surface area contributed by atoms with Crippen molar-refractivity contribution < 1.29 is 22.4 Å². The summed E-state index contributed by atoms with van der Waals surface area (Å²) in [5.74, 6) is -1.46. The Labute approximate surface area is 132 Å². The lowest BCUT2D eigenvalue weighted by atomic mass is 10.1. The van der Waals surface area contributed by atoms with Crippen LogP contribution in [0.1, 0.15) is 23.2 Å². The minimum Gasteiger partial charge on any atom is -0.369 e. The number of alkyl halides is 3. The van der Waals surface area contributed by atoms with Gasteiger partial charge in [-0.1, -0.05) is 6.08 Å². The Morgan fingerprint density at radius 3 is 2.48 bits per heavy atom. The average molecular weight is 330 g/mol. The van der Waals surface area contributed by atoms with E-state index in [4.69, 9.17) is 0 Å². The lowest BCUT2D eigenvalue weighted by molar-refractivity contribution is -0.139. The fraction of sp³-hybridized carbons (Fsp3) is 0.438. The zero-order chi connectivity index (χ0) is 17.0. The molecule has 23 heavy (non-hydrogen) atoms. The summed E-state index contributed by atoms with van der Waals surface area (Å²) in [7, 11) is 0. The second-order valence-corrected chi connectivity index (χ2v) is 5.45. The molecule has 1 saturated heterocycles. The molecule has 7 heteroatoms. The number of rotatable bonds is 5. The second kappa shape index (κ2) is 7.02. The number of carbonyl (C=O) groups excluding carboxylic acids is 1. The van der Waals surface area contributed by atoms with Gasteiger partial charge < -0.3 is 9.80 Å². The van der Waals surface area contributed by atoms with E-state index >= 15 is 0 Å². The molecule has 0 aliphatic carbocycles. The maximum atomic E-state index is 14.2. The first kappa shape index (κ1) is 17.3. The molecular formula is C16H18F4N2O. The van der Waals surface area contributed by atoms with E-state index in [1.165, 1.54) is 18.2 Å². The van der Waals surface area contributed by atoms with Crippen molar-refractivity contribution in [2.24, 2.45) is 0 Å². The first-order valence-corrected chi connectivity index (χ1v) is 7.33. The maximum absolute atomic E-state index is 14.2. The topological polar surface area (TPSA) is 23.6 Å². The largest absolute Gasteiger partial charge is 0.406 e. The van der Waals surface area contributed by atoms with Crippen LogP contribution in [0.4, 0.5) is 23.2 Å². The van der Waals surface area contributed by atoms with Gasteiger partial charge in [-0.2, -0.15) is 13.2 Å². The molecule has 0 unspecified atom stereocenters. The number of halogens is 4. The van der Waals surface area contributed by atoms with E-state index in [0.29, 0.717) is 10.6 Å². The minimum atomic E-state index is -4.52. The van der Waals surface area contributed by atoms with E-state index in [9.17, 15) is 22.4 Å². The Balaban J connectivity index is 2.20. The van der Waals surface area contributed by atoms with Crippen molar-refractivity contribution >= 4 is 11.6 Å². The number of amides is 1. The van der Waals surface area contributed by atoms with E-state index < -0.39 is 24.4 Å². The summed E-state index contributed by atoms with van der Waals surface area (Å²) in [6.45, 7) is 3.17. The van der Waals surface area contributed by atoms with Gasteiger partial charge in [0.15, 0.2) is 0 Å². The van der Waals surface area contributed by atoms with Crippen LogP contribution in [0.3, 0.4) is 0 Å². The van der Waals surface area contributed by atoms with Crippen LogP contribution in [0.5, 0.6) is 0 Å². The quantitative estimate of drug-likeness (QED) is 0.608. The summed E-state index contributed by atoms with van der Waals surface area (Å²) in [6.07, 6.45) is -1.37. The molecule has 1 heterocycles. The van der Waals surface area contributed by atoms with Crippen LogP contribution in [0, 0.1) is 5.82 Å². The van der Waals surface area contributed by atoms with Gasteiger partial charge >= 0.3 is 6.18 Å². The molecular weight excluding hydrogens is 312 g/mol. The average Bonchev–Trinajstić information content (AvgIpc) is 2.98. The lowest BCUT2D eigenvalue weighted by Crippen LogP contribution is -2.39.